The smallest absolute Gasteiger partial charge is 0.337 e. The van der Waals surface area contributed by atoms with Gasteiger partial charge in [0.05, 0.1) is 23.9 Å². The van der Waals surface area contributed by atoms with Crippen LogP contribution in [-0.4, -0.2) is 34.8 Å². The van der Waals surface area contributed by atoms with Gasteiger partial charge >= 0.3 is 17.2 Å². The first kappa shape index (κ1) is 21.8. The lowest BCUT2D eigenvalue weighted by Crippen LogP contribution is -2.60. The number of anilines is 1. The number of benzene rings is 2. The molecule has 0 spiro atoms. The topological polar surface area (TPSA) is 96.2 Å². The minimum Gasteiger partial charge on any atom is -0.465 e. The molecule has 0 bridgehead atoms. The lowest BCUT2D eigenvalue weighted by atomic mass is 10.0. The summed E-state index contributed by atoms with van der Waals surface area (Å²) in [7, 11) is 1.32. The fourth-order valence-electron chi connectivity index (χ4n) is 3.79. The van der Waals surface area contributed by atoms with Crippen LogP contribution in [0, 0.1) is 0 Å². The van der Waals surface area contributed by atoms with Gasteiger partial charge in [-0.3, -0.25) is 14.6 Å². The number of fused-ring (bicyclic) bond motifs is 3. The average molecular weight is 452 g/mol. The first-order valence-corrected chi connectivity index (χ1v) is 11.2. The zero-order chi connectivity index (χ0) is 22.8. The third-order valence-electron chi connectivity index (χ3n) is 5.17. The van der Waals surface area contributed by atoms with Crippen molar-refractivity contribution in [3.8, 4) is 11.3 Å². The van der Waals surface area contributed by atoms with Crippen molar-refractivity contribution in [2.24, 2.45) is 0 Å². The molecule has 0 fully saturated rings. The van der Waals surface area contributed by atoms with Crippen LogP contribution in [0.15, 0.2) is 58.5 Å². The number of methoxy groups -OCH3 is 1. The van der Waals surface area contributed by atoms with Crippen molar-refractivity contribution < 1.29 is 19.0 Å². The Kier molecular flexibility index (Phi) is 6.09. The van der Waals surface area contributed by atoms with Crippen molar-refractivity contribution >= 4 is 29.3 Å². The number of hydrogen-bond donors (Lipinski definition) is 1. The molecule has 1 atom stereocenters. The molecule has 9 heteroatoms. The quantitative estimate of drug-likeness (QED) is 0.364. The third kappa shape index (κ3) is 3.80. The molecule has 0 unspecified atom stereocenters. The van der Waals surface area contributed by atoms with Gasteiger partial charge in [-0.05, 0) is 47.5 Å². The Morgan fingerprint density at radius 3 is 2.56 bits per heavy atom. The number of nitrogens with zero attached hydrogens (tertiary/aromatic N) is 3. The number of nitrogens with one attached hydrogen (secondary N) is 1. The normalized spacial score (nSPS) is 14.5. The minimum atomic E-state index is -0.688. The number of aromatic nitrogens is 3. The number of hydrogen-bond acceptors (Lipinski definition) is 6. The van der Waals surface area contributed by atoms with Gasteiger partial charge in [0.15, 0.2) is 0 Å². The summed E-state index contributed by atoms with van der Waals surface area (Å²) in [5.41, 5.74) is 2.46. The fraction of sp³-hybridized carbons (Fsp3) is 0.261. The van der Waals surface area contributed by atoms with Crippen molar-refractivity contribution in [3.63, 3.8) is 0 Å². The SMILES string of the molecule is CCCSc1n[n+]2c(c(=O)[nH]1)-c1ccccc1N(C(C)=O)[C@@H]2c1ccc(C(=O)OC)cc1. The number of ether oxygens (including phenoxy) is 1. The van der Waals surface area contributed by atoms with Crippen molar-refractivity contribution in [2.45, 2.75) is 31.6 Å². The third-order valence-corrected chi connectivity index (χ3v) is 6.24. The summed E-state index contributed by atoms with van der Waals surface area (Å²) < 4.78 is 6.39. The highest BCUT2D eigenvalue weighted by molar-refractivity contribution is 7.99. The van der Waals surface area contributed by atoms with Gasteiger partial charge in [-0.15, -0.1) is 0 Å². The number of para-hydroxylation sites is 1. The summed E-state index contributed by atoms with van der Waals surface area (Å²) in [6.45, 7) is 3.54. The first-order valence-electron chi connectivity index (χ1n) is 10.2. The second kappa shape index (κ2) is 8.96. The summed E-state index contributed by atoms with van der Waals surface area (Å²) in [4.78, 5) is 42.4. The maximum absolute atomic E-state index is 13.2. The Hall–Kier alpha value is -3.46. The van der Waals surface area contributed by atoms with E-state index in [0.29, 0.717) is 33.2 Å². The van der Waals surface area contributed by atoms with E-state index in [1.54, 1.807) is 33.8 Å². The van der Waals surface area contributed by atoms with Gasteiger partial charge < -0.3 is 4.74 Å². The van der Waals surface area contributed by atoms with E-state index in [2.05, 4.69) is 11.9 Å². The summed E-state index contributed by atoms with van der Waals surface area (Å²) in [6.07, 6.45) is 0.240. The van der Waals surface area contributed by atoms with E-state index in [4.69, 9.17) is 9.84 Å². The van der Waals surface area contributed by atoms with Gasteiger partial charge in [0.25, 0.3) is 6.17 Å². The first-order chi connectivity index (χ1) is 15.5. The average Bonchev–Trinajstić information content (AvgIpc) is 2.81. The zero-order valence-electron chi connectivity index (χ0n) is 18.0. The highest BCUT2D eigenvalue weighted by Gasteiger charge is 2.44. The Morgan fingerprint density at radius 2 is 1.91 bits per heavy atom. The standard InChI is InChI=1S/C23H22N4O4S/c1-4-13-32-23-24-20(29)19-17-7-5-6-8-18(17)26(14(2)28)21(27(19)25-23)15-9-11-16(12-10-15)22(30)31-3/h5-12,21H,4,13H2,1-3H3/p+1/t21-/m0/s1. The van der Waals surface area contributed by atoms with Crippen LogP contribution in [-0.2, 0) is 9.53 Å². The van der Waals surface area contributed by atoms with Gasteiger partial charge in [0.1, 0.15) is 0 Å². The van der Waals surface area contributed by atoms with Crippen LogP contribution in [0.2, 0.25) is 0 Å². The predicted molar refractivity (Wildman–Crippen MR) is 121 cm³/mol. The molecule has 2 aromatic carbocycles. The van der Waals surface area contributed by atoms with E-state index in [0.717, 1.165) is 12.2 Å². The number of amides is 1. The molecule has 3 aromatic rings. The number of carbonyl (C=O) groups excluding carboxylic acids is 2. The van der Waals surface area contributed by atoms with Crippen LogP contribution < -0.4 is 15.1 Å². The van der Waals surface area contributed by atoms with Crippen LogP contribution in [0.3, 0.4) is 0 Å². The van der Waals surface area contributed by atoms with Gasteiger partial charge in [-0.2, -0.15) is 0 Å². The molecule has 0 saturated heterocycles. The number of rotatable bonds is 5. The van der Waals surface area contributed by atoms with Crippen LogP contribution in [0.5, 0.6) is 0 Å². The number of aromatic amines is 1. The molecule has 0 saturated carbocycles. The molecule has 32 heavy (non-hydrogen) atoms. The highest BCUT2D eigenvalue weighted by atomic mass is 32.2. The maximum atomic E-state index is 13.2. The van der Waals surface area contributed by atoms with E-state index in [1.807, 2.05) is 24.3 Å². The largest absolute Gasteiger partial charge is 0.465 e. The molecular formula is C23H23N4O4S+. The second-order valence-corrected chi connectivity index (χ2v) is 8.38. The van der Waals surface area contributed by atoms with Gasteiger partial charge in [-0.1, -0.05) is 30.8 Å². The van der Waals surface area contributed by atoms with Crippen LogP contribution >= 0.6 is 11.8 Å². The zero-order valence-corrected chi connectivity index (χ0v) is 18.8. The molecule has 1 aliphatic rings. The van der Waals surface area contributed by atoms with Crippen LogP contribution in [0.1, 0.15) is 42.4 Å². The van der Waals surface area contributed by atoms with Crippen molar-refractivity contribution in [1.82, 2.24) is 10.1 Å². The van der Waals surface area contributed by atoms with Gasteiger partial charge in [0.2, 0.25) is 11.1 Å². The monoisotopic (exact) mass is 451 g/mol. The molecule has 8 nitrogen and oxygen atoms in total. The molecule has 1 aromatic heterocycles. The molecular weight excluding hydrogens is 428 g/mol. The minimum absolute atomic E-state index is 0.192. The van der Waals surface area contributed by atoms with E-state index in [9.17, 15) is 14.4 Å². The number of carbonyl (C=O) groups is 2. The summed E-state index contributed by atoms with van der Waals surface area (Å²) in [5, 5.41) is 5.20. The number of thioether (sulfide) groups is 1. The molecule has 1 aliphatic heterocycles. The molecule has 1 N–H and O–H groups in total. The van der Waals surface area contributed by atoms with Crippen molar-refractivity contribution in [1.29, 1.82) is 0 Å². The molecule has 2 heterocycles. The van der Waals surface area contributed by atoms with Crippen molar-refractivity contribution in [3.05, 3.63) is 70.0 Å². The highest BCUT2D eigenvalue weighted by Crippen LogP contribution is 2.37. The molecule has 0 aliphatic carbocycles. The molecule has 164 valence electrons. The maximum Gasteiger partial charge on any atom is 0.337 e. The Labute approximate surface area is 189 Å². The van der Waals surface area contributed by atoms with E-state index in [-0.39, 0.29) is 11.5 Å². The number of H-pyrrole nitrogens is 1. The lowest BCUT2D eigenvalue weighted by Gasteiger charge is -2.31. The van der Waals surface area contributed by atoms with Crippen LogP contribution in [0.25, 0.3) is 11.3 Å². The fourth-order valence-corrected chi connectivity index (χ4v) is 4.49. The van der Waals surface area contributed by atoms with E-state index < -0.39 is 12.1 Å². The molecule has 1 amide bonds. The molecule has 4 rings (SSSR count). The Morgan fingerprint density at radius 1 is 1.19 bits per heavy atom. The van der Waals surface area contributed by atoms with E-state index in [1.165, 1.54) is 25.8 Å². The van der Waals surface area contributed by atoms with Gasteiger partial charge in [-0.25, -0.2) is 9.69 Å². The van der Waals surface area contributed by atoms with Gasteiger partial charge in [0, 0.05) is 23.3 Å². The summed E-state index contributed by atoms with van der Waals surface area (Å²) >= 11 is 1.45. The molecule has 0 radical (unpaired) electrons. The lowest BCUT2D eigenvalue weighted by molar-refractivity contribution is -0.763. The number of esters is 1. The summed E-state index contributed by atoms with van der Waals surface area (Å²) in [6, 6.07) is 14.1. The second-order valence-electron chi connectivity index (χ2n) is 7.29. The summed E-state index contributed by atoms with van der Waals surface area (Å²) in [5.74, 6) is 0.158. The van der Waals surface area contributed by atoms with E-state index >= 15 is 0 Å². The Balaban J connectivity index is 1.96. The van der Waals surface area contributed by atoms with Crippen LogP contribution in [0.4, 0.5) is 5.69 Å². The predicted octanol–water partition coefficient (Wildman–Crippen LogP) is 2.93. The Bertz CT molecular complexity index is 1240. The van der Waals surface area contributed by atoms with Crippen molar-refractivity contribution in [2.75, 3.05) is 17.8 Å².